The Kier molecular flexibility index (Phi) is 5.83. The largest absolute Gasteiger partial charge is 0.265 e. The summed E-state index contributed by atoms with van der Waals surface area (Å²) in [5, 5.41) is 4.58. The normalized spacial score (nSPS) is 11.7. The first-order valence-corrected chi connectivity index (χ1v) is 10.9. The average molecular weight is 448 g/mol. The molecule has 5 nitrogen and oxygen atoms in total. The number of hydrogen-bond acceptors (Lipinski definition) is 3. The van der Waals surface area contributed by atoms with E-state index >= 15 is 0 Å². The number of nitrogens with zero attached hydrogens (tertiary/aromatic N) is 2. The summed E-state index contributed by atoms with van der Waals surface area (Å²) in [6, 6.07) is 15.3. The first-order chi connectivity index (χ1) is 12.8. The molecule has 0 bridgehead atoms. The Bertz CT molecular complexity index is 1060. The summed E-state index contributed by atoms with van der Waals surface area (Å²) in [4.78, 5) is 0.281. The van der Waals surface area contributed by atoms with Gasteiger partial charge in [0, 0.05) is 22.3 Å². The standard InChI is InChI=1S/C20H22BrN3O2S/c1-14-9-10-18(21)11-20(14)27(25,26)22-12-19-15(2)23-24(16(19)3)13-17-7-5-4-6-8-17/h4-11,22H,12-13H2,1-3H3. The summed E-state index contributed by atoms with van der Waals surface area (Å²) in [5.74, 6) is 0. The van der Waals surface area contributed by atoms with Gasteiger partial charge in [-0.3, -0.25) is 4.68 Å². The summed E-state index contributed by atoms with van der Waals surface area (Å²) in [6.45, 7) is 6.53. The third-order valence-electron chi connectivity index (χ3n) is 4.59. The first-order valence-electron chi connectivity index (χ1n) is 8.60. The van der Waals surface area contributed by atoms with Crippen LogP contribution in [0.1, 0.15) is 28.1 Å². The van der Waals surface area contributed by atoms with E-state index in [1.54, 1.807) is 19.1 Å². The predicted molar refractivity (Wildman–Crippen MR) is 110 cm³/mol. The number of benzene rings is 2. The van der Waals surface area contributed by atoms with Crippen LogP contribution < -0.4 is 4.72 Å². The molecule has 1 aromatic heterocycles. The molecule has 0 amide bonds. The average Bonchev–Trinajstić information content (AvgIpc) is 2.89. The van der Waals surface area contributed by atoms with Crippen LogP contribution in [-0.4, -0.2) is 18.2 Å². The Labute approximate surface area is 168 Å². The molecule has 142 valence electrons. The van der Waals surface area contributed by atoms with Crippen molar-refractivity contribution in [3.05, 3.63) is 81.1 Å². The lowest BCUT2D eigenvalue weighted by atomic mass is 10.2. The van der Waals surface area contributed by atoms with Crippen molar-refractivity contribution in [2.24, 2.45) is 0 Å². The second-order valence-electron chi connectivity index (χ2n) is 6.53. The second kappa shape index (κ2) is 7.96. The second-order valence-corrected chi connectivity index (χ2v) is 9.18. The molecule has 1 N–H and O–H groups in total. The van der Waals surface area contributed by atoms with Crippen LogP contribution in [0.15, 0.2) is 57.9 Å². The van der Waals surface area contributed by atoms with Gasteiger partial charge in [0.15, 0.2) is 0 Å². The van der Waals surface area contributed by atoms with Crippen molar-refractivity contribution in [1.82, 2.24) is 14.5 Å². The zero-order valence-electron chi connectivity index (χ0n) is 15.5. The van der Waals surface area contributed by atoms with Gasteiger partial charge in [0.25, 0.3) is 0 Å². The van der Waals surface area contributed by atoms with E-state index in [1.807, 2.05) is 42.8 Å². The lowest BCUT2D eigenvalue weighted by Gasteiger charge is -2.10. The maximum atomic E-state index is 12.7. The summed E-state index contributed by atoms with van der Waals surface area (Å²) >= 11 is 3.34. The minimum absolute atomic E-state index is 0.209. The minimum Gasteiger partial charge on any atom is -0.265 e. The van der Waals surface area contributed by atoms with Gasteiger partial charge in [0.1, 0.15) is 0 Å². The van der Waals surface area contributed by atoms with Crippen LogP contribution in [0.4, 0.5) is 0 Å². The lowest BCUT2D eigenvalue weighted by Crippen LogP contribution is -2.24. The molecule has 3 rings (SSSR count). The van der Waals surface area contributed by atoms with Gasteiger partial charge in [-0.1, -0.05) is 52.3 Å². The summed E-state index contributed by atoms with van der Waals surface area (Å²) in [5.41, 5.74) is 4.56. The summed E-state index contributed by atoms with van der Waals surface area (Å²) in [7, 11) is -3.61. The lowest BCUT2D eigenvalue weighted by molar-refractivity contribution is 0.580. The van der Waals surface area contributed by atoms with E-state index in [2.05, 4.69) is 37.9 Å². The molecule has 0 fully saturated rings. The molecule has 0 aliphatic carbocycles. The molecule has 0 saturated carbocycles. The van der Waals surface area contributed by atoms with Crippen molar-refractivity contribution in [2.75, 3.05) is 0 Å². The van der Waals surface area contributed by atoms with Gasteiger partial charge < -0.3 is 0 Å². The van der Waals surface area contributed by atoms with E-state index in [1.165, 1.54) is 0 Å². The van der Waals surface area contributed by atoms with Crippen molar-refractivity contribution in [3.63, 3.8) is 0 Å². The molecule has 7 heteroatoms. The van der Waals surface area contributed by atoms with Crippen LogP contribution in [0.2, 0.25) is 0 Å². The molecule has 0 saturated heterocycles. The zero-order chi connectivity index (χ0) is 19.6. The minimum atomic E-state index is -3.61. The number of sulfonamides is 1. The molecule has 0 unspecified atom stereocenters. The summed E-state index contributed by atoms with van der Waals surface area (Å²) in [6.07, 6.45) is 0. The number of aryl methyl sites for hydroxylation is 2. The zero-order valence-corrected chi connectivity index (χ0v) is 17.9. The molecule has 0 aliphatic heterocycles. The van der Waals surface area contributed by atoms with Gasteiger partial charge in [-0.2, -0.15) is 5.10 Å². The number of aromatic nitrogens is 2. The Hall–Kier alpha value is -1.96. The van der Waals surface area contributed by atoms with Gasteiger partial charge in [-0.25, -0.2) is 13.1 Å². The Balaban J connectivity index is 1.81. The number of hydrogen-bond donors (Lipinski definition) is 1. The van der Waals surface area contributed by atoms with Crippen LogP contribution in [-0.2, 0) is 23.1 Å². The topological polar surface area (TPSA) is 64.0 Å². The first kappa shape index (κ1) is 19.8. The van der Waals surface area contributed by atoms with Crippen molar-refractivity contribution < 1.29 is 8.42 Å². The molecule has 0 aliphatic rings. The quantitative estimate of drug-likeness (QED) is 0.618. The SMILES string of the molecule is Cc1ccc(Br)cc1S(=O)(=O)NCc1c(C)nn(Cc2ccccc2)c1C. The smallest absolute Gasteiger partial charge is 0.241 e. The highest BCUT2D eigenvalue weighted by molar-refractivity contribution is 9.10. The third-order valence-corrected chi connectivity index (χ3v) is 6.62. The van der Waals surface area contributed by atoms with Crippen LogP contribution >= 0.6 is 15.9 Å². The van der Waals surface area contributed by atoms with E-state index in [0.29, 0.717) is 12.1 Å². The molecule has 0 radical (unpaired) electrons. The third kappa shape index (κ3) is 4.48. The van der Waals surface area contributed by atoms with E-state index in [9.17, 15) is 8.42 Å². The number of halogens is 1. The highest BCUT2D eigenvalue weighted by atomic mass is 79.9. The van der Waals surface area contributed by atoms with E-state index in [4.69, 9.17) is 0 Å². The molecular formula is C20H22BrN3O2S. The van der Waals surface area contributed by atoms with Crippen LogP contribution in [0, 0.1) is 20.8 Å². The molecule has 1 heterocycles. The monoisotopic (exact) mass is 447 g/mol. The Morgan fingerprint density at radius 1 is 1.07 bits per heavy atom. The van der Waals surface area contributed by atoms with Gasteiger partial charge in [-0.05, 0) is 44.0 Å². The fraction of sp³-hybridized carbons (Fsp3) is 0.250. The molecular weight excluding hydrogens is 426 g/mol. The highest BCUT2D eigenvalue weighted by Gasteiger charge is 2.19. The molecule has 0 atom stereocenters. The fourth-order valence-corrected chi connectivity index (χ4v) is 4.79. The molecule has 27 heavy (non-hydrogen) atoms. The number of nitrogens with one attached hydrogen (secondary N) is 1. The van der Waals surface area contributed by atoms with E-state index < -0.39 is 10.0 Å². The van der Waals surface area contributed by atoms with Crippen molar-refractivity contribution in [1.29, 1.82) is 0 Å². The molecule has 3 aromatic rings. The molecule has 0 spiro atoms. The maximum Gasteiger partial charge on any atom is 0.241 e. The Morgan fingerprint density at radius 2 is 1.78 bits per heavy atom. The van der Waals surface area contributed by atoms with Crippen LogP contribution in [0.5, 0.6) is 0 Å². The van der Waals surface area contributed by atoms with Crippen molar-refractivity contribution in [2.45, 2.75) is 38.8 Å². The van der Waals surface area contributed by atoms with Crippen molar-refractivity contribution >= 4 is 26.0 Å². The van der Waals surface area contributed by atoms with E-state index in [-0.39, 0.29) is 11.4 Å². The van der Waals surface area contributed by atoms with Crippen LogP contribution in [0.25, 0.3) is 0 Å². The highest BCUT2D eigenvalue weighted by Crippen LogP contribution is 2.21. The van der Waals surface area contributed by atoms with Gasteiger partial charge in [-0.15, -0.1) is 0 Å². The van der Waals surface area contributed by atoms with Crippen LogP contribution in [0.3, 0.4) is 0 Å². The number of rotatable bonds is 6. The maximum absolute atomic E-state index is 12.7. The van der Waals surface area contributed by atoms with E-state index in [0.717, 1.165) is 27.0 Å². The predicted octanol–water partition coefficient (Wildman–Crippen LogP) is 4.10. The van der Waals surface area contributed by atoms with Gasteiger partial charge in [0.2, 0.25) is 10.0 Å². The fourth-order valence-electron chi connectivity index (χ4n) is 3.01. The molecule has 2 aromatic carbocycles. The van der Waals surface area contributed by atoms with Gasteiger partial charge >= 0.3 is 0 Å². The van der Waals surface area contributed by atoms with Gasteiger partial charge in [0.05, 0.1) is 17.1 Å². The van der Waals surface area contributed by atoms with Crippen molar-refractivity contribution in [3.8, 4) is 0 Å². The Morgan fingerprint density at radius 3 is 2.48 bits per heavy atom. The summed E-state index contributed by atoms with van der Waals surface area (Å²) < 4.78 is 30.8.